The molecule has 1 N–H and O–H groups in total. The molecule has 0 aliphatic heterocycles. The van der Waals surface area contributed by atoms with E-state index in [0.717, 1.165) is 23.7 Å². The summed E-state index contributed by atoms with van der Waals surface area (Å²) >= 11 is 0. The first-order valence-corrected chi connectivity index (χ1v) is 8.29. The first kappa shape index (κ1) is 16.8. The fourth-order valence-electron chi connectivity index (χ4n) is 2.51. The summed E-state index contributed by atoms with van der Waals surface area (Å²) in [6.45, 7) is 9.63. The third kappa shape index (κ3) is 5.30. The lowest BCUT2D eigenvalue weighted by atomic mass is 10.0. The van der Waals surface area contributed by atoms with E-state index < -0.39 is 0 Å². The Labute approximate surface area is 134 Å². The van der Waals surface area contributed by atoms with Gasteiger partial charge in [-0.2, -0.15) is 0 Å². The molecule has 0 aliphatic rings. The molecule has 3 nitrogen and oxygen atoms in total. The summed E-state index contributed by atoms with van der Waals surface area (Å²) in [5.74, 6) is 1.49. The van der Waals surface area contributed by atoms with Gasteiger partial charge in [-0.1, -0.05) is 44.4 Å². The third-order valence-corrected chi connectivity index (χ3v) is 3.87. The Kier molecular flexibility index (Phi) is 6.20. The topological polar surface area (TPSA) is 38.1 Å². The second-order valence-electron chi connectivity index (χ2n) is 6.62. The van der Waals surface area contributed by atoms with Gasteiger partial charge in [-0.3, -0.25) is 0 Å². The fraction of sp³-hybridized carbons (Fsp3) is 0.526. The Morgan fingerprint density at radius 1 is 1.18 bits per heavy atom. The van der Waals surface area contributed by atoms with E-state index in [1.165, 1.54) is 24.8 Å². The minimum Gasteiger partial charge on any atom is -0.444 e. The number of benzene rings is 1. The van der Waals surface area contributed by atoms with Crippen molar-refractivity contribution in [3.05, 3.63) is 41.8 Å². The van der Waals surface area contributed by atoms with Gasteiger partial charge in [-0.25, -0.2) is 4.98 Å². The van der Waals surface area contributed by atoms with Crippen molar-refractivity contribution in [2.45, 2.75) is 59.5 Å². The molecular formula is C19H28N2O. The Morgan fingerprint density at radius 2 is 2.00 bits per heavy atom. The number of hydrogen-bond acceptors (Lipinski definition) is 3. The summed E-state index contributed by atoms with van der Waals surface area (Å²) in [5.41, 5.74) is 3.22. The van der Waals surface area contributed by atoms with Gasteiger partial charge in [0, 0.05) is 18.2 Å². The van der Waals surface area contributed by atoms with E-state index in [1.807, 2.05) is 12.1 Å². The molecule has 120 valence electrons. The molecule has 0 radical (unpaired) electrons. The van der Waals surface area contributed by atoms with Gasteiger partial charge >= 0.3 is 0 Å². The van der Waals surface area contributed by atoms with Crippen molar-refractivity contribution in [2.75, 3.05) is 0 Å². The van der Waals surface area contributed by atoms with Gasteiger partial charge in [0.25, 0.3) is 0 Å². The summed E-state index contributed by atoms with van der Waals surface area (Å²) in [6.07, 6.45) is 5.54. The van der Waals surface area contributed by atoms with Gasteiger partial charge in [0.2, 0.25) is 5.89 Å². The minimum absolute atomic E-state index is 0.512. The zero-order chi connectivity index (χ0) is 15.9. The van der Waals surface area contributed by atoms with Crippen LogP contribution in [0.5, 0.6) is 0 Å². The van der Waals surface area contributed by atoms with Crippen molar-refractivity contribution < 1.29 is 4.42 Å². The van der Waals surface area contributed by atoms with Gasteiger partial charge in [-0.05, 0) is 38.3 Å². The predicted octanol–water partition coefficient (Wildman–Crippen LogP) is 4.95. The maximum absolute atomic E-state index is 5.60. The highest BCUT2D eigenvalue weighted by atomic mass is 16.3. The average molecular weight is 300 g/mol. The van der Waals surface area contributed by atoms with Crippen molar-refractivity contribution in [2.24, 2.45) is 5.92 Å². The maximum Gasteiger partial charge on any atom is 0.226 e. The molecule has 0 fully saturated rings. The largest absolute Gasteiger partial charge is 0.444 e. The van der Waals surface area contributed by atoms with Crippen LogP contribution in [-0.4, -0.2) is 11.0 Å². The Morgan fingerprint density at radius 3 is 2.73 bits per heavy atom. The SMILES string of the molecule is Cc1cccc(-c2nc(CNC(C)CCCC(C)C)co2)c1. The van der Waals surface area contributed by atoms with Gasteiger partial charge in [-0.15, -0.1) is 0 Å². The lowest BCUT2D eigenvalue weighted by Gasteiger charge is -2.13. The lowest BCUT2D eigenvalue weighted by molar-refractivity contribution is 0.454. The van der Waals surface area contributed by atoms with Crippen molar-refractivity contribution in [1.29, 1.82) is 0 Å². The second-order valence-corrected chi connectivity index (χ2v) is 6.62. The second kappa shape index (κ2) is 8.14. The normalized spacial score (nSPS) is 12.8. The number of rotatable bonds is 8. The van der Waals surface area contributed by atoms with Crippen LogP contribution in [0.4, 0.5) is 0 Å². The van der Waals surface area contributed by atoms with Crippen LogP contribution in [0.25, 0.3) is 11.5 Å². The predicted molar refractivity (Wildman–Crippen MR) is 91.7 cm³/mol. The number of nitrogens with one attached hydrogen (secondary N) is 1. The molecule has 22 heavy (non-hydrogen) atoms. The minimum atomic E-state index is 0.512. The molecule has 2 rings (SSSR count). The van der Waals surface area contributed by atoms with Gasteiger partial charge in [0.05, 0.1) is 5.69 Å². The van der Waals surface area contributed by atoms with Crippen LogP contribution in [0.1, 0.15) is 51.3 Å². The summed E-state index contributed by atoms with van der Waals surface area (Å²) in [7, 11) is 0. The number of oxazole rings is 1. The third-order valence-electron chi connectivity index (χ3n) is 3.87. The van der Waals surface area contributed by atoms with Gasteiger partial charge < -0.3 is 9.73 Å². The van der Waals surface area contributed by atoms with Crippen molar-refractivity contribution in [3.8, 4) is 11.5 Å². The number of nitrogens with zero attached hydrogens (tertiary/aromatic N) is 1. The molecule has 3 heteroatoms. The lowest BCUT2D eigenvalue weighted by Crippen LogP contribution is -2.25. The van der Waals surface area contributed by atoms with Crippen LogP contribution in [0.3, 0.4) is 0 Å². The van der Waals surface area contributed by atoms with Gasteiger partial charge in [0.15, 0.2) is 0 Å². The Hall–Kier alpha value is -1.61. The highest BCUT2D eigenvalue weighted by Gasteiger charge is 2.08. The molecule has 0 aliphatic carbocycles. The quantitative estimate of drug-likeness (QED) is 0.749. The zero-order valence-electron chi connectivity index (χ0n) is 14.2. The van der Waals surface area contributed by atoms with E-state index in [1.54, 1.807) is 6.26 Å². The van der Waals surface area contributed by atoms with E-state index in [9.17, 15) is 0 Å². The zero-order valence-corrected chi connectivity index (χ0v) is 14.2. The van der Waals surface area contributed by atoms with E-state index in [4.69, 9.17) is 4.42 Å². The van der Waals surface area contributed by atoms with Crippen LogP contribution >= 0.6 is 0 Å². The maximum atomic E-state index is 5.60. The number of aromatic nitrogens is 1. The van der Waals surface area contributed by atoms with Crippen molar-refractivity contribution >= 4 is 0 Å². The Bertz CT molecular complexity index is 574. The van der Waals surface area contributed by atoms with Crippen LogP contribution < -0.4 is 5.32 Å². The highest BCUT2D eigenvalue weighted by molar-refractivity contribution is 5.54. The number of hydrogen-bond donors (Lipinski definition) is 1. The highest BCUT2D eigenvalue weighted by Crippen LogP contribution is 2.19. The fourth-order valence-corrected chi connectivity index (χ4v) is 2.51. The Balaban J connectivity index is 1.82. The monoisotopic (exact) mass is 300 g/mol. The van der Waals surface area contributed by atoms with Crippen LogP contribution in [0.15, 0.2) is 34.9 Å². The van der Waals surface area contributed by atoms with Crippen molar-refractivity contribution in [3.63, 3.8) is 0 Å². The average Bonchev–Trinajstić information content (AvgIpc) is 2.93. The van der Waals surface area contributed by atoms with Crippen molar-refractivity contribution in [1.82, 2.24) is 10.3 Å². The molecule has 0 bridgehead atoms. The molecule has 1 atom stereocenters. The molecule has 0 amide bonds. The molecule has 1 aromatic carbocycles. The molecule has 1 unspecified atom stereocenters. The molecule has 0 saturated heterocycles. The van der Waals surface area contributed by atoms with Crippen LogP contribution in [-0.2, 0) is 6.54 Å². The summed E-state index contributed by atoms with van der Waals surface area (Å²) in [5, 5.41) is 3.53. The summed E-state index contributed by atoms with van der Waals surface area (Å²) in [4.78, 5) is 4.57. The first-order valence-electron chi connectivity index (χ1n) is 8.29. The summed E-state index contributed by atoms with van der Waals surface area (Å²) < 4.78 is 5.60. The standard InChI is InChI=1S/C19H28N2O/c1-14(2)7-5-9-16(4)20-12-18-13-22-19(21-18)17-10-6-8-15(3)11-17/h6,8,10-11,13-14,16,20H,5,7,9,12H2,1-4H3. The molecule has 0 saturated carbocycles. The molecule has 0 spiro atoms. The molecule has 2 aromatic rings. The van der Waals surface area contributed by atoms with E-state index in [0.29, 0.717) is 11.9 Å². The van der Waals surface area contributed by atoms with Crippen LogP contribution in [0, 0.1) is 12.8 Å². The summed E-state index contributed by atoms with van der Waals surface area (Å²) in [6, 6.07) is 8.75. The van der Waals surface area contributed by atoms with E-state index >= 15 is 0 Å². The van der Waals surface area contributed by atoms with E-state index in [-0.39, 0.29) is 0 Å². The molecule has 1 aromatic heterocycles. The van der Waals surface area contributed by atoms with Gasteiger partial charge in [0.1, 0.15) is 6.26 Å². The van der Waals surface area contributed by atoms with Crippen LogP contribution in [0.2, 0.25) is 0 Å². The number of aryl methyl sites for hydroxylation is 1. The first-order chi connectivity index (χ1) is 10.5. The smallest absolute Gasteiger partial charge is 0.226 e. The molecular weight excluding hydrogens is 272 g/mol. The van der Waals surface area contributed by atoms with E-state index in [2.05, 4.69) is 50.1 Å². The molecule has 1 heterocycles.